The summed E-state index contributed by atoms with van der Waals surface area (Å²) in [4.78, 5) is 0. The van der Waals surface area contributed by atoms with Crippen LogP contribution in [0.2, 0.25) is 0 Å². The second-order valence-electron chi connectivity index (χ2n) is 3.84. The van der Waals surface area contributed by atoms with Gasteiger partial charge >= 0.3 is 18.9 Å². The van der Waals surface area contributed by atoms with Gasteiger partial charge in [0.25, 0.3) is 0 Å². The van der Waals surface area contributed by atoms with Crippen LogP contribution >= 0.6 is 0 Å². The van der Waals surface area contributed by atoms with Crippen LogP contribution in [-0.2, 0) is 0 Å². The maximum atomic E-state index is 3.90. The molecule has 0 aromatic heterocycles. The molecular formula is C17H26Li+. The van der Waals surface area contributed by atoms with E-state index in [4.69, 9.17) is 0 Å². The summed E-state index contributed by atoms with van der Waals surface area (Å²) in [5.41, 5.74) is 4.57. The van der Waals surface area contributed by atoms with Crippen LogP contribution < -0.4 is 18.9 Å². The molecule has 18 heavy (non-hydrogen) atoms. The summed E-state index contributed by atoms with van der Waals surface area (Å²) in [6.45, 7) is 17.4. The molecule has 0 saturated carbocycles. The van der Waals surface area contributed by atoms with E-state index in [0.29, 0.717) is 0 Å². The number of benzene rings is 1. The molecule has 0 aliphatic rings. The van der Waals surface area contributed by atoms with Crippen molar-refractivity contribution in [2.45, 2.75) is 34.6 Å². The number of rotatable bonds is 3. The van der Waals surface area contributed by atoms with E-state index in [1.165, 1.54) is 11.1 Å². The van der Waals surface area contributed by atoms with Crippen LogP contribution in [0.3, 0.4) is 0 Å². The maximum Gasteiger partial charge on any atom is 1.00 e. The van der Waals surface area contributed by atoms with Crippen LogP contribution in [0.5, 0.6) is 0 Å². The molecule has 0 unspecified atom stereocenters. The fourth-order valence-electron chi connectivity index (χ4n) is 1.05. The molecule has 0 nitrogen and oxygen atoms in total. The fourth-order valence-corrected chi connectivity index (χ4v) is 1.05. The van der Waals surface area contributed by atoms with Gasteiger partial charge in [0.15, 0.2) is 0 Å². The second kappa shape index (κ2) is 12.6. The molecular weight excluding hydrogens is 211 g/mol. The normalized spacial score (nSPS) is 7.94. The van der Waals surface area contributed by atoms with Crippen molar-refractivity contribution >= 4 is 11.1 Å². The van der Waals surface area contributed by atoms with E-state index in [-0.39, 0.29) is 26.3 Å². The Hall–Kier alpha value is -0.833. The third-order valence-corrected chi connectivity index (χ3v) is 2.14. The van der Waals surface area contributed by atoms with E-state index in [2.05, 4.69) is 38.3 Å². The van der Waals surface area contributed by atoms with Gasteiger partial charge in [-0.25, -0.2) is 0 Å². The predicted molar refractivity (Wildman–Crippen MR) is 82.5 cm³/mol. The Balaban J connectivity index is -0.000000332. The van der Waals surface area contributed by atoms with Gasteiger partial charge in [-0.3, -0.25) is 6.42 Å². The molecule has 1 heteroatoms. The summed E-state index contributed by atoms with van der Waals surface area (Å²) in [7, 11) is 0. The minimum absolute atomic E-state index is 0. The largest absolute Gasteiger partial charge is 1.00 e. The fraction of sp³-hybridized carbons (Fsp3) is 0.294. The first kappa shape index (κ1) is 22.4. The zero-order valence-corrected chi connectivity index (χ0v) is 11.7. The van der Waals surface area contributed by atoms with Gasteiger partial charge in [0.05, 0.1) is 0 Å². The van der Waals surface area contributed by atoms with Gasteiger partial charge in [0, 0.05) is 6.92 Å². The monoisotopic (exact) mass is 237 g/mol. The van der Waals surface area contributed by atoms with Crippen molar-refractivity contribution in [2.24, 2.45) is 0 Å². The molecule has 0 N–H and O–H groups in total. The van der Waals surface area contributed by atoms with E-state index in [1.807, 2.05) is 33.3 Å². The second-order valence-corrected chi connectivity index (χ2v) is 3.84. The summed E-state index contributed by atoms with van der Waals surface area (Å²) in [6, 6.07) is 8.28. The Bertz CT molecular complexity index is 319. The first-order valence-corrected chi connectivity index (χ1v) is 5.51. The van der Waals surface area contributed by atoms with Gasteiger partial charge in [-0.05, 0) is 37.5 Å². The van der Waals surface area contributed by atoms with Crippen molar-refractivity contribution in [3.05, 3.63) is 61.9 Å². The van der Waals surface area contributed by atoms with Crippen LogP contribution in [0.25, 0.3) is 11.1 Å². The van der Waals surface area contributed by atoms with Crippen LogP contribution in [0, 0.1) is 13.3 Å². The molecule has 0 atom stereocenters. The first-order valence-electron chi connectivity index (χ1n) is 5.51. The van der Waals surface area contributed by atoms with Crippen molar-refractivity contribution in [1.29, 1.82) is 0 Å². The zero-order chi connectivity index (χ0) is 12.6. The molecule has 0 radical (unpaired) electrons. The molecule has 0 heterocycles. The molecule has 0 saturated heterocycles. The Labute approximate surface area is 126 Å². The average Bonchev–Trinajstić information content (AvgIpc) is 2.29. The molecule has 0 amide bonds. The standard InChI is InChI=1S/C12H14.C4H8.CH4.Li/c1-9(2)11-6-5-7-12(8-11)10(3)4;1-3-4-2;;/h5-8H,1,3H2,2,4H3;4H,1,3H2,2H3;1H4;/q;;;+1. The van der Waals surface area contributed by atoms with Crippen molar-refractivity contribution < 1.29 is 18.9 Å². The van der Waals surface area contributed by atoms with Crippen LogP contribution in [-0.4, -0.2) is 0 Å². The van der Waals surface area contributed by atoms with Gasteiger partial charge in [-0.1, -0.05) is 49.9 Å². The summed E-state index contributed by atoms with van der Waals surface area (Å²) in [6.07, 6.45) is 2.96. The first-order chi connectivity index (χ1) is 7.52. The third kappa shape index (κ3) is 9.22. The Morgan fingerprint density at radius 3 is 1.72 bits per heavy atom. The Morgan fingerprint density at radius 1 is 1.17 bits per heavy atom. The third-order valence-electron chi connectivity index (χ3n) is 2.14. The van der Waals surface area contributed by atoms with E-state index < -0.39 is 0 Å². The summed E-state index contributed by atoms with van der Waals surface area (Å²) < 4.78 is 0. The summed E-state index contributed by atoms with van der Waals surface area (Å²) in [5, 5.41) is 0. The number of allylic oxidation sites excluding steroid dienone is 2. The van der Waals surface area contributed by atoms with Crippen molar-refractivity contribution in [3.8, 4) is 0 Å². The van der Waals surface area contributed by atoms with Gasteiger partial charge in [-0.15, -0.1) is 0 Å². The predicted octanol–water partition coefficient (Wildman–Crippen LogP) is 2.83. The van der Waals surface area contributed by atoms with Crippen LogP contribution in [0.15, 0.2) is 37.4 Å². The van der Waals surface area contributed by atoms with Gasteiger partial charge in [0.1, 0.15) is 0 Å². The quantitative estimate of drug-likeness (QED) is 0.560. The minimum Gasteiger partial charge on any atom is -0.288 e. The Kier molecular flexibility index (Phi) is 15.7. The molecule has 0 fully saturated rings. The van der Waals surface area contributed by atoms with Crippen LogP contribution in [0.1, 0.15) is 45.7 Å². The minimum atomic E-state index is 0. The molecule has 1 aromatic carbocycles. The molecule has 0 aliphatic carbocycles. The van der Waals surface area contributed by atoms with Crippen LogP contribution in [0.4, 0.5) is 0 Å². The van der Waals surface area contributed by atoms with Gasteiger partial charge in [-0.2, -0.15) is 6.92 Å². The van der Waals surface area contributed by atoms with Crippen molar-refractivity contribution in [3.63, 3.8) is 0 Å². The van der Waals surface area contributed by atoms with E-state index in [1.54, 1.807) is 0 Å². The summed E-state index contributed by atoms with van der Waals surface area (Å²) >= 11 is 0. The van der Waals surface area contributed by atoms with Gasteiger partial charge < -0.3 is 0 Å². The molecule has 1 aromatic rings. The molecule has 0 bridgehead atoms. The van der Waals surface area contributed by atoms with Crippen molar-refractivity contribution in [1.82, 2.24) is 0 Å². The number of hydrogen-bond donors (Lipinski definition) is 0. The molecule has 94 valence electrons. The van der Waals surface area contributed by atoms with E-state index >= 15 is 0 Å². The number of hydrogen-bond acceptors (Lipinski definition) is 0. The maximum absolute atomic E-state index is 3.90. The topological polar surface area (TPSA) is 0 Å². The van der Waals surface area contributed by atoms with E-state index in [9.17, 15) is 0 Å². The van der Waals surface area contributed by atoms with Gasteiger partial charge in [0.2, 0.25) is 0 Å². The smallest absolute Gasteiger partial charge is 0.288 e. The SMILES string of the molecule is C.C=C(C)c1cccc(C(=C)C)c1.[CH2+]C[CH-]C.[Li+]. The zero-order valence-electron chi connectivity index (χ0n) is 11.7. The molecule has 0 spiro atoms. The molecule has 1 rings (SSSR count). The van der Waals surface area contributed by atoms with E-state index in [0.717, 1.165) is 17.6 Å². The Morgan fingerprint density at radius 2 is 1.50 bits per heavy atom. The average molecular weight is 237 g/mol. The molecule has 0 aliphatic heterocycles. The number of unbranched alkanes of at least 4 members (excludes halogenated alkanes) is 1. The van der Waals surface area contributed by atoms with Crippen molar-refractivity contribution in [2.75, 3.05) is 0 Å². The summed E-state index contributed by atoms with van der Waals surface area (Å²) in [5.74, 6) is 0.